The molecule has 0 radical (unpaired) electrons. The van der Waals surface area contributed by atoms with Gasteiger partial charge in [0.1, 0.15) is 0 Å². The van der Waals surface area contributed by atoms with Crippen LogP contribution in [0.15, 0.2) is 16.9 Å². The molecular formula is C18H30N4O3. The zero-order valence-electron chi connectivity index (χ0n) is 15.5. The molecule has 2 aliphatic heterocycles. The van der Waals surface area contributed by atoms with E-state index in [9.17, 15) is 9.90 Å². The summed E-state index contributed by atoms with van der Waals surface area (Å²) in [4.78, 5) is 16.7. The van der Waals surface area contributed by atoms with E-state index in [2.05, 4.69) is 35.7 Å². The number of hydrogen-bond donors (Lipinski definition) is 1. The molecule has 3 rings (SSSR count). The van der Waals surface area contributed by atoms with Gasteiger partial charge in [0.05, 0.1) is 37.6 Å². The van der Waals surface area contributed by atoms with Crippen LogP contribution in [-0.2, 0) is 16.7 Å². The molecule has 1 aromatic rings. The van der Waals surface area contributed by atoms with Crippen molar-refractivity contribution in [3.8, 4) is 0 Å². The number of aromatic nitrogens is 2. The maximum Gasteiger partial charge on any atom is 0.266 e. The van der Waals surface area contributed by atoms with Crippen LogP contribution in [-0.4, -0.2) is 82.8 Å². The zero-order chi connectivity index (χ0) is 18.0. The van der Waals surface area contributed by atoms with Gasteiger partial charge < -0.3 is 9.84 Å². The van der Waals surface area contributed by atoms with Gasteiger partial charge in [0, 0.05) is 44.2 Å². The maximum atomic E-state index is 12.1. The molecule has 3 heterocycles. The predicted molar refractivity (Wildman–Crippen MR) is 95.8 cm³/mol. The largest absolute Gasteiger partial charge is 0.389 e. The van der Waals surface area contributed by atoms with E-state index in [1.54, 1.807) is 10.7 Å². The van der Waals surface area contributed by atoms with Crippen molar-refractivity contribution >= 4 is 0 Å². The van der Waals surface area contributed by atoms with E-state index in [-0.39, 0.29) is 23.1 Å². The van der Waals surface area contributed by atoms with Gasteiger partial charge in [0.25, 0.3) is 5.56 Å². The van der Waals surface area contributed by atoms with Crippen LogP contribution in [0.4, 0.5) is 0 Å². The molecule has 1 aromatic heterocycles. The summed E-state index contributed by atoms with van der Waals surface area (Å²) >= 11 is 0. The monoisotopic (exact) mass is 350 g/mol. The molecule has 0 saturated carbocycles. The Morgan fingerprint density at radius 3 is 2.48 bits per heavy atom. The van der Waals surface area contributed by atoms with Crippen LogP contribution in [0.1, 0.15) is 26.5 Å². The van der Waals surface area contributed by atoms with E-state index < -0.39 is 0 Å². The third-order valence-corrected chi connectivity index (χ3v) is 5.16. The molecule has 2 aliphatic rings. The van der Waals surface area contributed by atoms with Crippen LogP contribution in [0, 0.1) is 0 Å². The summed E-state index contributed by atoms with van der Waals surface area (Å²) in [5, 5.41) is 14.5. The first kappa shape index (κ1) is 18.5. The van der Waals surface area contributed by atoms with Crippen LogP contribution < -0.4 is 5.56 Å². The van der Waals surface area contributed by atoms with Gasteiger partial charge in [0.2, 0.25) is 0 Å². The summed E-state index contributed by atoms with van der Waals surface area (Å²) in [6.07, 6.45) is -0.366. The lowest BCUT2D eigenvalue weighted by Crippen LogP contribution is -2.54. The van der Waals surface area contributed by atoms with Crippen molar-refractivity contribution in [2.75, 3.05) is 45.9 Å². The van der Waals surface area contributed by atoms with Gasteiger partial charge in [-0.2, -0.15) is 5.10 Å². The van der Waals surface area contributed by atoms with Crippen LogP contribution >= 0.6 is 0 Å². The van der Waals surface area contributed by atoms with Crippen molar-refractivity contribution in [3.63, 3.8) is 0 Å². The smallest absolute Gasteiger partial charge is 0.266 e. The number of hydrogen-bond acceptors (Lipinski definition) is 6. The van der Waals surface area contributed by atoms with E-state index in [1.165, 1.54) is 0 Å². The fourth-order valence-electron chi connectivity index (χ4n) is 3.44. The maximum absolute atomic E-state index is 12.1. The van der Waals surface area contributed by atoms with Crippen molar-refractivity contribution in [3.05, 3.63) is 28.2 Å². The Morgan fingerprint density at radius 2 is 1.88 bits per heavy atom. The third kappa shape index (κ3) is 4.47. The van der Waals surface area contributed by atoms with E-state index in [0.717, 1.165) is 38.4 Å². The summed E-state index contributed by atoms with van der Waals surface area (Å²) < 4.78 is 6.94. The molecule has 0 aromatic carbocycles. The van der Waals surface area contributed by atoms with Gasteiger partial charge in [-0.25, -0.2) is 4.68 Å². The highest BCUT2D eigenvalue weighted by atomic mass is 16.5. The second kappa shape index (κ2) is 7.53. The SMILES string of the molecule is CC(C)(C)c1ccc(=O)n(CCN2CCN(C3COCC3O)CC2)n1. The van der Waals surface area contributed by atoms with Crippen molar-refractivity contribution in [2.45, 2.75) is 44.9 Å². The Labute approximate surface area is 149 Å². The topological polar surface area (TPSA) is 70.8 Å². The van der Waals surface area contributed by atoms with Crippen molar-refractivity contribution in [1.82, 2.24) is 19.6 Å². The normalized spacial score (nSPS) is 26.2. The quantitative estimate of drug-likeness (QED) is 0.819. The molecular weight excluding hydrogens is 320 g/mol. The number of aliphatic hydroxyl groups is 1. The standard InChI is InChI=1S/C18H30N4O3/c1-18(2,3)16-4-5-17(24)22(19-16)11-8-20-6-9-21(10-7-20)14-12-25-13-15(14)23/h4-5,14-15,23H,6-13H2,1-3H3. The van der Waals surface area contributed by atoms with Crippen molar-refractivity contribution < 1.29 is 9.84 Å². The molecule has 0 bridgehead atoms. The number of rotatable bonds is 4. The second-order valence-corrected chi connectivity index (χ2v) is 8.08. The number of aliphatic hydroxyl groups excluding tert-OH is 1. The average Bonchev–Trinajstić information content (AvgIpc) is 2.99. The van der Waals surface area contributed by atoms with Crippen molar-refractivity contribution in [2.24, 2.45) is 0 Å². The van der Waals surface area contributed by atoms with E-state index >= 15 is 0 Å². The highest BCUT2D eigenvalue weighted by Crippen LogP contribution is 2.18. The van der Waals surface area contributed by atoms with Crippen LogP contribution in [0.3, 0.4) is 0 Å². The van der Waals surface area contributed by atoms with Gasteiger partial charge in [0.15, 0.2) is 0 Å². The molecule has 25 heavy (non-hydrogen) atoms. The molecule has 7 nitrogen and oxygen atoms in total. The molecule has 2 atom stereocenters. The van der Waals surface area contributed by atoms with Crippen molar-refractivity contribution in [1.29, 1.82) is 0 Å². The Morgan fingerprint density at radius 1 is 1.16 bits per heavy atom. The summed E-state index contributed by atoms with van der Waals surface area (Å²) in [7, 11) is 0. The number of nitrogens with zero attached hydrogens (tertiary/aromatic N) is 4. The van der Waals surface area contributed by atoms with E-state index in [4.69, 9.17) is 4.74 Å². The summed E-state index contributed by atoms with van der Waals surface area (Å²) in [6, 6.07) is 3.58. The van der Waals surface area contributed by atoms with E-state index in [1.807, 2.05) is 6.07 Å². The summed E-state index contributed by atoms with van der Waals surface area (Å²) in [6.45, 7) is 12.5. The van der Waals surface area contributed by atoms with Gasteiger partial charge >= 0.3 is 0 Å². The van der Waals surface area contributed by atoms with Crippen LogP contribution in [0.5, 0.6) is 0 Å². The average molecular weight is 350 g/mol. The Kier molecular flexibility index (Phi) is 5.58. The molecule has 1 N–H and O–H groups in total. The van der Waals surface area contributed by atoms with Crippen LogP contribution in [0.2, 0.25) is 0 Å². The van der Waals surface area contributed by atoms with Gasteiger partial charge in [-0.1, -0.05) is 20.8 Å². The lowest BCUT2D eigenvalue weighted by molar-refractivity contribution is 0.0431. The highest BCUT2D eigenvalue weighted by molar-refractivity contribution is 5.10. The molecule has 0 aliphatic carbocycles. The molecule has 7 heteroatoms. The Balaban J connectivity index is 1.52. The minimum atomic E-state index is -0.366. The van der Waals surface area contributed by atoms with Gasteiger partial charge in [-0.3, -0.25) is 14.6 Å². The first-order valence-corrected chi connectivity index (χ1v) is 9.15. The summed E-state index contributed by atoms with van der Waals surface area (Å²) in [5.41, 5.74) is 0.829. The summed E-state index contributed by atoms with van der Waals surface area (Å²) in [5.74, 6) is 0. The molecule has 2 fully saturated rings. The minimum absolute atomic E-state index is 0.0436. The lowest BCUT2D eigenvalue weighted by Gasteiger charge is -2.38. The number of piperazine rings is 1. The minimum Gasteiger partial charge on any atom is -0.389 e. The van der Waals surface area contributed by atoms with Crippen LogP contribution in [0.25, 0.3) is 0 Å². The fourth-order valence-corrected chi connectivity index (χ4v) is 3.44. The van der Waals surface area contributed by atoms with Gasteiger partial charge in [-0.05, 0) is 6.07 Å². The Bertz CT molecular complexity index is 632. The highest BCUT2D eigenvalue weighted by Gasteiger charge is 2.33. The first-order chi connectivity index (χ1) is 11.8. The molecule has 0 spiro atoms. The first-order valence-electron chi connectivity index (χ1n) is 9.15. The molecule has 140 valence electrons. The number of ether oxygens (including phenoxy) is 1. The molecule has 2 unspecified atom stereocenters. The second-order valence-electron chi connectivity index (χ2n) is 8.08. The predicted octanol–water partition coefficient (Wildman–Crippen LogP) is -0.0819. The Hall–Kier alpha value is -1.28. The third-order valence-electron chi connectivity index (χ3n) is 5.16. The van der Waals surface area contributed by atoms with Gasteiger partial charge in [-0.15, -0.1) is 0 Å². The molecule has 0 amide bonds. The molecule has 2 saturated heterocycles. The lowest BCUT2D eigenvalue weighted by atomic mass is 9.92. The van der Waals surface area contributed by atoms with E-state index in [0.29, 0.717) is 19.8 Å². The fraction of sp³-hybridized carbons (Fsp3) is 0.778. The zero-order valence-corrected chi connectivity index (χ0v) is 15.5.